The number of fused-ring (bicyclic) bond motifs is 1. The Hall–Kier alpha value is -2.57. The molecule has 1 atom stereocenters. The van der Waals surface area contributed by atoms with E-state index < -0.39 is 35.5 Å². The maximum Gasteiger partial charge on any atom is 0.265 e. The zero-order chi connectivity index (χ0) is 15.3. The first-order chi connectivity index (χ1) is 9.91. The highest BCUT2D eigenvalue weighted by Gasteiger charge is 2.46. The summed E-state index contributed by atoms with van der Waals surface area (Å²) in [6.07, 6.45) is 0.0854. The van der Waals surface area contributed by atoms with E-state index in [2.05, 4.69) is 5.32 Å². The van der Waals surface area contributed by atoms with Crippen LogP contribution in [0.4, 0.5) is 4.39 Å². The summed E-state index contributed by atoms with van der Waals surface area (Å²) in [5.41, 5.74) is -0.0995. The maximum atomic E-state index is 14.1. The molecule has 3 rings (SSSR count). The molecule has 1 fully saturated rings. The standard InChI is InChI=1S/C14H11FN2O4/c1-6-2-3-7-10(11(6)15)14(21)17(13(7)20)8-4-5-9(18)16-12(8)19/h2-3,8H,4-5H2,1H3,(H,16,18,19). The van der Waals surface area contributed by atoms with E-state index >= 15 is 0 Å². The molecule has 1 aromatic rings. The highest BCUT2D eigenvalue weighted by molar-refractivity contribution is 6.23. The molecule has 2 aliphatic heterocycles. The zero-order valence-electron chi connectivity index (χ0n) is 11.1. The van der Waals surface area contributed by atoms with E-state index in [1.807, 2.05) is 0 Å². The normalized spacial score (nSPS) is 21.6. The van der Waals surface area contributed by atoms with Gasteiger partial charge in [0.05, 0.1) is 11.1 Å². The quantitative estimate of drug-likeness (QED) is 0.765. The predicted molar refractivity (Wildman–Crippen MR) is 67.8 cm³/mol. The van der Waals surface area contributed by atoms with Gasteiger partial charge in [0, 0.05) is 6.42 Å². The van der Waals surface area contributed by atoms with Crippen molar-refractivity contribution in [3.05, 3.63) is 34.6 Å². The third-order valence-electron chi connectivity index (χ3n) is 3.74. The Labute approximate surface area is 118 Å². The second kappa shape index (κ2) is 4.47. The largest absolute Gasteiger partial charge is 0.295 e. The minimum absolute atomic E-state index is 0.0331. The van der Waals surface area contributed by atoms with Crippen LogP contribution in [0.1, 0.15) is 39.1 Å². The minimum Gasteiger partial charge on any atom is -0.295 e. The van der Waals surface area contributed by atoms with Crippen molar-refractivity contribution in [1.29, 1.82) is 0 Å². The molecule has 0 aromatic heterocycles. The van der Waals surface area contributed by atoms with E-state index in [0.29, 0.717) is 0 Å². The number of imide groups is 2. The third-order valence-corrected chi connectivity index (χ3v) is 3.74. The van der Waals surface area contributed by atoms with Gasteiger partial charge in [-0.1, -0.05) is 6.07 Å². The molecule has 0 bridgehead atoms. The van der Waals surface area contributed by atoms with Crippen LogP contribution in [0.5, 0.6) is 0 Å². The van der Waals surface area contributed by atoms with Crippen LogP contribution in [0.25, 0.3) is 0 Å². The molecule has 1 aromatic carbocycles. The van der Waals surface area contributed by atoms with Gasteiger partial charge in [-0.25, -0.2) is 4.39 Å². The van der Waals surface area contributed by atoms with Crippen LogP contribution in [-0.2, 0) is 9.59 Å². The number of amides is 4. The van der Waals surface area contributed by atoms with Crippen LogP contribution in [0.2, 0.25) is 0 Å². The number of piperidine rings is 1. The summed E-state index contributed by atoms with van der Waals surface area (Å²) in [6, 6.07) is 1.71. The molecule has 2 aliphatic rings. The van der Waals surface area contributed by atoms with Crippen LogP contribution in [-0.4, -0.2) is 34.6 Å². The van der Waals surface area contributed by atoms with Gasteiger partial charge in [-0.2, -0.15) is 0 Å². The summed E-state index contributed by atoms with van der Waals surface area (Å²) in [5, 5.41) is 2.08. The van der Waals surface area contributed by atoms with Gasteiger partial charge < -0.3 is 0 Å². The first kappa shape index (κ1) is 13.4. The number of benzene rings is 1. The van der Waals surface area contributed by atoms with E-state index in [4.69, 9.17) is 0 Å². The Kier molecular flexibility index (Phi) is 2.86. The van der Waals surface area contributed by atoms with Crippen LogP contribution in [0.3, 0.4) is 0 Å². The second-order valence-corrected chi connectivity index (χ2v) is 5.07. The first-order valence-electron chi connectivity index (χ1n) is 6.42. The third kappa shape index (κ3) is 1.84. The van der Waals surface area contributed by atoms with Gasteiger partial charge in [0.25, 0.3) is 11.8 Å². The smallest absolute Gasteiger partial charge is 0.265 e. The van der Waals surface area contributed by atoms with Gasteiger partial charge in [0.2, 0.25) is 11.8 Å². The lowest BCUT2D eigenvalue weighted by Gasteiger charge is -2.27. The van der Waals surface area contributed by atoms with Crippen molar-refractivity contribution < 1.29 is 23.6 Å². The Morgan fingerprint density at radius 3 is 2.57 bits per heavy atom. The van der Waals surface area contributed by atoms with Crippen molar-refractivity contribution in [2.24, 2.45) is 0 Å². The Balaban J connectivity index is 2.02. The minimum atomic E-state index is -1.07. The summed E-state index contributed by atoms with van der Waals surface area (Å²) >= 11 is 0. The molecular weight excluding hydrogens is 279 g/mol. The van der Waals surface area contributed by atoms with Gasteiger partial charge in [0.15, 0.2) is 0 Å². The van der Waals surface area contributed by atoms with Crippen LogP contribution in [0, 0.1) is 12.7 Å². The second-order valence-electron chi connectivity index (χ2n) is 5.07. The number of carbonyl (C=O) groups is 4. The SMILES string of the molecule is Cc1ccc2c(c1F)C(=O)N(C1CCC(=O)NC1=O)C2=O. The summed E-state index contributed by atoms with van der Waals surface area (Å²) in [7, 11) is 0. The molecule has 0 spiro atoms. The lowest BCUT2D eigenvalue weighted by Crippen LogP contribution is -2.54. The summed E-state index contributed by atoms with van der Waals surface area (Å²) in [6.45, 7) is 1.49. The number of hydrogen-bond acceptors (Lipinski definition) is 4. The molecule has 0 radical (unpaired) electrons. The van der Waals surface area contributed by atoms with E-state index in [-0.39, 0.29) is 29.5 Å². The number of nitrogens with zero attached hydrogens (tertiary/aromatic N) is 1. The molecule has 0 aliphatic carbocycles. The molecule has 7 heteroatoms. The van der Waals surface area contributed by atoms with Crippen molar-refractivity contribution in [2.45, 2.75) is 25.8 Å². The number of carbonyl (C=O) groups excluding carboxylic acids is 4. The van der Waals surface area contributed by atoms with Crippen molar-refractivity contribution in [3.8, 4) is 0 Å². The topological polar surface area (TPSA) is 83.6 Å². The van der Waals surface area contributed by atoms with Gasteiger partial charge in [-0.05, 0) is 25.0 Å². The predicted octanol–water partition coefficient (Wildman–Crippen LogP) is 0.535. The monoisotopic (exact) mass is 290 g/mol. The average Bonchev–Trinajstić information content (AvgIpc) is 2.67. The average molecular weight is 290 g/mol. The summed E-state index contributed by atoms with van der Waals surface area (Å²) in [5.74, 6) is -3.44. The van der Waals surface area contributed by atoms with Crippen molar-refractivity contribution in [2.75, 3.05) is 0 Å². The lowest BCUT2D eigenvalue weighted by atomic mass is 10.0. The maximum absolute atomic E-state index is 14.1. The number of hydrogen-bond donors (Lipinski definition) is 1. The van der Waals surface area contributed by atoms with Gasteiger partial charge in [-0.3, -0.25) is 29.4 Å². The fourth-order valence-corrected chi connectivity index (χ4v) is 2.62. The zero-order valence-corrected chi connectivity index (χ0v) is 11.1. The molecule has 4 amide bonds. The van der Waals surface area contributed by atoms with Gasteiger partial charge in [-0.15, -0.1) is 0 Å². The molecule has 1 unspecified atom stereocenters. The van der Waals surface area contributed by atoms with E-state index in [9.17, 15) is 23.6 Å². The first-order valence-corrected chi connectivity index (χ1v) is 6.42. The van der Waals surface area contributed by atoms with Crippen LogP contribution < -0.4 is 5.32 Å². The fraction of sp³-hybridized carbons (Fsp3) is 0.286. The Morgan fingerprint density at radius 1 is 1.19 bits per heavy atom. The molecule has 108 valence electrons. The van der Waals surface area contributed by atoms with E-state index in [1.165, 1.54) is 19.1 Å². The Morgan fingerprint density at radius 2 is 1.90 bits per heavy atom. The number of nitrogens with one attached hydrogen (secondary N) is 1. The molecule has 1 N–H and O–H groups in total. The summed E-state index contributed by atoms with van der Waals surface area (Å²) < 4.78 is 14.1. The van der Waals surface area contributed by atoms with Crippen molar-refractivity contribution in [3.63, 3.8) is 0 Å². The van der Waals surface area contributed by atoms with Gasteiger partial charge >= 0.3 is 0 Å². The fourth-order valence-electron chi connectivity index (χ4n) is 2.62. The number of rotatable bonds is 1. The number of halogens is 1. The Bertz CT molecular complexity index is 713. The molecule has 6 nitrogen and oxygen atoms in total. The molecule has 0 saturated carbocycles. The van der Waals surface area contributed by atoms with Crippen LogP contribution >= 0.6 is 0 Å². The molecule has 21 heavy (non-hydrogen) atoms. The van der Waals surface area contributed by atoms with Crippen molar-refractivity contribution >= 4 is 23.6 Å². The summed E-state index contributed by atoms with van der Waals surface area (Å²) in [4.78, 5) is 48.3. The van der Waals surface area contributed by atoms with E-state index in [1.54, 1.807) is 0 Å². The highest BCUT2D eigenvalue weighted by atomic mass is 19.1. The van der Waals surface area contributed by atoms with Crippen molar-refractivity contribution in [1.82, 2.24) is 10.2 Å². The molecular formula is C14H11FN2O4. The lowest BCUT2D eigenvalue weighted by molar-refractivity contribution is -0.136. The van der Waals surface area contributed by atoms with Gasteiger partial charge in [0.1, 0.15) is 11.9 Å². The highest BCUT2D eigenvalue weighted by Crippen LogP contribution is 2.30. The van der Waals surface area contributed by atoms with E-state index in [0.717, 1.165) is 4.90 Å². The van der Waals surface area contributed by atoms with Crippen LogP contribution in [0.15, 0.2) is 12.1 Å². The number of aryl methyl sites for hydroxylation is 1. The molecule has 1 saturated heterocycles. The molecule has 2 heterocycles.